The van der Waals surface area contributed by atoms with E-state index in [0.717, 1.165) is 21.9 Å². The number of amides is 2. The summed E-state index contributed by atoms with van der Waals surface area (Å²) in [5, 5.41) is 4.68. The Hall–Kier alpha value is -3.34. The van der Waals surface area contributed by atoms with Crippen LogP contribution in [0, 0.1) is 6.92 Å². The Morgan fingerprint density at radius 2 is 1.70 bits per heavy atom. The van der Waals surface area contributed by atoms with E-state index in [1.165, 1.54) is 0 Å². The topological polar surface area (TPSA) is 58.6 Å². The maximum absolute atomic E-state index is 13.2. The Bertz CT molecular complexity index is 1030. The van der Waals surface area contributed by atoms with E-state index in [2.05, 4.69) is 5.32 Å². The number of hydrogen-bond acceptors (Lipinski definition) is 3. The van der Waals surface area contributed by atoms with Gasteiger partial charge in [0, 0.05) is 19.0 Å². The molecule has 0 saturated carbocycles. The molecule has 2 amide bonds. The molecule has 3 aromatic rings. The molecule has 0 spiro atoms. The minimum Gasteiger partial charge on any atom is -0.483 e. The number of carbonyl (C=O) groups excluding carboxylic acids is 2. The van der Waals surface area contributed by atoms with E-state index in [0.29, 0.717) is 18.7 Å². The van der Waals surface area contributed by atoms with Gasteiger partial charge in [0.15, 0.2) is 6.61 Å². The molecular formula is C25H28N2O3. The van der Waals surface area contributed by atoms with Crippen molar-refractivity contribution in [1.82, 2.24) is 10.2 Å². The molecule has 30 heavy (non-hydrogen) atoms. The van der Waals surface area contributed by atoms with Crippen LogP contribution in [0.1, 0.15) is 24.5 Å². The monoisotopic (exact) mass is 404 g/mol. The van der Waals surface area contributed by atoms with Crippen LogP contribution in [-0.2, 0) is 16.1 Å². The highest BCUT2D eigenvalue weighted by molar-refractivity contribution is 5.90. The first-order valence-electron chi connectivity index (χ1n) is 10.2. The SMILES string of the molecule is CC[C@H](C(=O)NC)N(Cc1ccccc1C)C(=O)COc1cccc2ccccc12. The molecule has 0 radical (unpaired) electrons. The number of ether oxygens (including phenoxy) is 1. The van der Waals surface area contributed by atoms with Crippen LogP contribution in [0.2, 0.25) is 0 Å². The van der Waals surface area contributed by atoms with Gasteiger partial charge >= 0.3 is 0 Å². The molecule has 5 nitrogen and oxygen atoms in total. The van der Waals surface area contributed by atoms with Gasteiger partial charge < -0.3 is 15.0 Å². The fourth-order valence-corrected chi connectivity index (χ4v) is 3.60. The van der Waals surface area contributed by atoms with Gasteiger partial charge in [-0.25, -0.2) is 0 Å². The molecular weight excluding hydrogens is 376 g/mol. The average Bonchev–Trinajstić information content (AvgIpc) is 2.78. The highest BCUT2D eigenvalue weighted by Crippen LogP contribution is 2.25. The maximum atomic E-state index is 13.2. The molecule has 0 aliphatic rings. The lowest BCUT2D eigenvalue weighted by Gasteiger charge is -2.30. The number of likely N-dealkylation sites (N-methyl/N-ethyl adjacent to an activating group) is 1. The van der Waals surface area contributed by atoms with E-state index >= 15 is 0 Å². The van der Waals surface area contributed by atoms with Gasteiger partial charge in [0.1, 0.15) is 11.8 Å². The van der Waals surface area contributed by atoms with Crippen LogP contribution >= 0.6 is 0 Å². The quantitative estimate of drug-likeness (QED) is 0.615. The molecule has 3 aromatic carbocycles. The molecule has 0 saturated heterocycles. The van der Waals surface area contributed by atoms with Gasteiger partial charge in [-0.3, -0.25) is 9.59 Å². The van der Waals surface area contributed by atoms with Gasteiger partial charge in [-0.1, -0.05) is 67.6 Å². The zero-order chi connectivity index (χ0) is 21.5. The molecule has 0 aliphatic heterocycles. The fraction of sp³-hybridized carbons (Fsp3) is 0.280. The third-order valence-corrected chi connectivity index (χ3v) is 5.34. The minimum absolute atomic E-state index is 0.132. The summed E-state index contributed by atoms with van der Waals surface area (Å²) in [6.07, 6.45) is 0.519. The lowest BCUT2D eigenvalue weighted by molar-refractivity contribution is -0.142. The van der Waals surface area contributed by atoms with Crippen LogP contribution in [0.15, 0.2) is 66.7 Å². The number of benzene rings is 3. The van der Waals surface area contributed by atoms with Gasteiger partial charge in [-0.05, 0) is 35.9 Å². The van der Waals surface area contributed by atoms with Crippen molar-refractivity contribution in [3.8, 4) is 5.75 Å². The zero-order valence-corrected chi connectivity index (χ0v) is 17.7. The van der Waals surface area contributed by atoms with Crippen LogP contribution in [0.3, 0.4) is 0 Å². The van der Waals surface area contributed by atoms with Crippen LogP contribution in [-0.4, -0.2) is 36.4 Å². The summed E-state index contributed by atoms with van der Waals surface area (Å²) in [5.41, 5.74) is 2.09. The summed E-state index contributed by atoms with van der Waals surface area (Å²) in [7, 11) is 1.59. The molecule has 0 aliphatic carbocycles. The third kappa shape index (κ3) is 4.79. The number of nitrogens with zero attached hydrogens (tertiary/aromatic N) is 1. The molecule has 0 fully saturated rings. The van der Waals surface area contributed by atoms with Crippen molar-refractivity contribution >= 4 is 22.6 Å². The zero-order valence-electron chi connectivity index (χ0n) is 17.7. The van der Waals surface area contributed by atoms with Crippen molar-refractivity contribution in [1.29, 1.82) is 0 Å². The summed E-state index contributed by atoms with van der Waals surface area (Å²) in [6.45, 7) is 4.14. The van der Waals surface area contributed by atoms with E-state index in [1.54, 1.807) is 11.9 Å². The predicted molar refractivity (Wildman–Crippen MR) is 119 cm³/mol. The average molecular weight is 405 g/mol. The van der Waals surface area contributed by atoms with Gasteiger partial charge in [-0.15, -0.1) is 0 Å². The summed E-state index contributed by atoms with van der Waals surface area (Å²) >= 11 is 0. The van der Waals surface area contributed by atoms with Crippen molar-refractivity contribution in [2.24, 2.45) is 0 Å². The Kier molecular flexibility index (Phi) is 7.07. The van der Waals surface area contributed by atoms with Crippen LogP contribution in [0.5, 0.6) is 5.75 Å². The summed E-state index contributed by atoms with van der Waals surface area (Å²) < 4.78 is 5.92. The van der Waals surface area contributed by atoms with Crippen molar-refractivity contribution in [3.63, 3.8) is 0 Å². The van der Waals surface area contributed by atoms with Crippen molar-refractivity contribution in [2.75, 3.05) is 13.7 Å². The first kappa shape index (κ1) is 21.4. The van der Waals surface area contributed by atoms with Gasteiger partial charge in [0.25, 0.3) is 5.91 Å². The number of fused-ring (bicyclic) bond motifs is 1. The minimum atomic E-state index is -0.557. The Balaban J connectivity index is 1.83. The van der Waals surface area contributed by atoms with Crippen molar-refractivity contribution < 1.29 is 14.3 Å². The fourth-order valence-electron chi connectivity index (χ4n) is 3.60. The molecule has 1 atom stereocenters. The van der Waals surface area contributed by atoms with E-state index in [-0.39, 0.29) is 18.4 Å². The van der Waals surface area contributed by atoms with Crippen LogP contribution in [0.25, 0.3) is 10.8 Å². The van der Waals surface area contributed by atoms with Crippen molar-refractivity contribution in [2.45, 2.75) is 32.9 Å². The molecule has 156 valence electrons. The standard InChI is InChI=1S/C25H28N2O3/c1-4-22(25(29)26-3)27(16-20-12-6-5-10-18(20)2)24(28)17-30-23-15-9-13-19-11-7-8-14-21(19)23/h5-15,22H,4,16-17H2,1-3H3,(H,26,29)/t22-/m1/s1. The second kappa shape index (κ2) is 9.92. The molecule has 0 aromatic heterocycles. The Morgan fingerprint density at radius 1 is 1.00 bits per heavy atom. The lowest BCUT2D eigenvalue weighted by atomic mass is 10.1. The van der Waals surface area contributed by atoms with Crippen molar-refractivity contribution in [3.05, 3.63) is 77.9 Å². The van der Waals surface area contributed by atoms with E-state index < -0.39 is 6.04 Å². The van der Waals surface area contributed by atoms with Gasteiger partial charge in [-0.2, -0.15) is 0 Å². The van der Waals surface area contributed by atoms with Gasteiger partial charge in [0.05, 0.1) is 0 Å². The molecule has 0 bridgehead atoms. The number of aryl methyl sites for hydroxylation is 1. The number of carbonyl (C=O) groups is 2. The Morgan fingerprint density at radius 3 is 2.43 bits per heavy atom. The largest absolute Gasteiger partial charge is 0.483 e. The van der Waals surface area contributed by atoms with E-state index in [4.69, 9.17) is 4.74 Å². The highest BCUT2D eigenvalue weighted by Gasteiger charge is 2.28. The number of rotatable bonds is 8. The highest BCUT2D eigenvalue weighted by atomic mass is 16.5. The second-order valence-corrected chi connectivity index (χ2v) is 7.25. The molecule has 5 heteroatoms. The first-order valence-corrected chi connectivity index (χ1v) is 10.2. The summed E-state index contributed by atoms with van der Waals surface area (Å²) in [5.74, 6) is 0.261. The predicted octanol–water partition coefficient (Wildman–Crippen LogP) is 4.08. The first-order chi connectivity index (χ1) is 14.5. The molecule has 0 unspecified atom stereocenters. The Labute approximate surface area is 177 Å². The van der Waals surface area contributed by atoms with Gasteiger partial charge in [0.2, 0.25) is 5.91 Å². The smallest absolute Gasteiger partial charge is 0.261 e. The second-order valence-electron chi connectivity index (χ2n) is 7.25. The summed E-state index contributed by atoms with van der Waals surface area (Å²) in [4.78, 5) is 27.3. The maximum Gasteiger partial charge on any atom is 0.261 e. The molecule has 1 N–H and O–H groups in total. The number of hydrogen-bond donors (Lipinski definition) is 1. The summed E-state index contributed by atoms with van der Waals surface area (Å²) in [6, 6.07) is 21.0. The normalized spacial score (nSPS) is 11.7. The van der Waals surface area contributed by atoms with Crippen LogP contribution < -0.4 is 10.1 Å². The van der Waals surface area contributed by atoms with Crippen LogP contribution in [0.4, 0.5) is 0 Å². The molecule has 0 heterocycles. The van der Waals surface area contributed by atoms with E-state index in [9.17, 15) is 9.59 Å². The third-order valence-electron chi connectivity index (χ3n) is 5.34. The lowest BCUT2D eigenvalue weighted by Crippen LogP contribution is -2.49. The van der Waals surface area contributed by atoms with E-state index in [1.807, 2.05) is 80.6 Å². The molecule has 3 rings (SSSR count). The number of nitrogens with one attached hydrogen (secondary N) is 1.